The number of carboxylic acids is 1. The van der Waals surface area contributed by atoms with E-state index in [0.29, 0.717) is 6.54 Å². The molecule has 0 aromatic heterocycles. The third-order valence-electron chi connectivity index (χ3n) is 2.31. The molecule has 0 aromatic carbocycles. The number of nitrogens with zero attached hydrogens (tertiary/aromatic N) is 1. The van der Waals surface area contributed by atoms with Crippen LogP contribution in [0.15, 0.2) is 0 Å². The summed E-state index contributed by atoms with van der Waals surface area (Å²) in [6.45, 7) is 0.568. The molecule has 1 aliphatic heterocycles. The van der Waals surface area contributed by atoms with Gasteiger partial charge >= 0.3 is 5.97 Å². The van der Waals surface area contributed by atoms with Gasteiger partial charge in [0.05, 0.1) is 19.2 Å². The average Bonchev–Trinajstić information content (AvgIpc) is 2.28. The predicted molar refractivity (Wildman–Crippen MR) is 55.4 cm³/mol. The lowest BCUT2D eigenvalue weighted by Crippen LogP contribution is -2.53. The standard InChI is InChI=1S/C10H14N2O4/c1-2-3-7(11)9(13)12-4-5-16-8(6-12)10(14)15/h1,7-8H,3-6,11H2,(H,14,15). The predicted octanol–water partition coefficient (Wildman–Crippen LogP) is -1.35. The molecule has 16 heavy (non-hydrogen) atoms. The Morgan fingerprint density at radius 2 is 2.38 bits per heavy atom. The van der Waals surface area contributed by atoms with E-state index in [1.165, 1.54) is 4.90 Å². The van der Waals surface area contributed by atoms with Crippen molar-refractivity contribution in [3.63, 3.8) is 0 Å². The second kappa shape index (κ2) is 5.49. The largest absolute Gasteiger partial charge is 0.479 e. The molecule has 6 heteroatoms. The number of amides is 1. The summed E-state index contributed by atoms with van der Waals surface area (Å²) < 4.78 is 4.98. The lowest BCUT2D eigenvalue weighted by atomic mass is 10.1. The van der Waals surface area contributed by atoms with Crippen molar-refractivity contribution >= 4 is 11.9 Å². The Hall–Kier alpha value is -1.58. The van der Waals surface area contributed by atoms with E-state index in [-0.39, 0.29) is 25.5 Å². The van der Waals surface area contributed by atoms with Crippen LogP contribution in [0.5, 0.6) is 0 Å². The van der Waals surface area contributed by atoms with Gasteiger partial charge in [-0.15, -0.1) is 12.3 Å². The fraction of sp³-hybridized carbons (Fsp3) is 0.600. The number of terminal acetylenes is 1. The number of morpholine rings is 1. The van der Waals surface area contributed by atoms with Crippen LogP contribution in [-0.2, 0) is 14.3 Å². The molecule has 1 saturated heterocycles. The number of ether oxygens (including phenoxy) is 1. The molecule has 3 N–H and O–H groups in total. The minimum atomic E-state index is -1.08. The first kappa shape index (κ1) is 12.5. The fourth-order valence-corrected chi connectivity index (χ4v) is 1.45. The summed E-state index contributed by atoms with van der Waals surface area (Å²) in [6, 6.07) is -0.766. The van der Waals surface area contributed by atoms with Crippen molar-refractivity contribution in [2.75, 3.05) is 19.7 Å². The Labute approximate surface area is 93.3 Å². The molecule has 2 unspecified atom stereocenters. The highest BCUT2D eigenvalue weighted by Crippen LogP contribution is 2.07. The van der Waals surface area contributed by atoms with Crippen LogP contribution in [0.25, 0.3) is 0 Å². The second-order valence-corrected chi connectivity index (χ2v) is 3.50. The highest BCUT2D eigenvalue weighted by atomic mass is 16.5. The van der Waals surface area contributed by atoms with E-state index in [9.17, 15) is 9.59 Å². The summed E-state index contributed by atoms with van der Waals surface area (Å²) in [5, 5.41) is 8.75. The van der Waals surface area contributed by atoms with E-state index in [4.69, 9.17) is 22.0 Å². The first-order chi connectivity index (χ1) is 7.56. The molecule has 0 aliphatic carbocycles. The first-order valence-corrected chi connectivity index (χ1v) is 4.88. The summed E-state index contributed by atoms with van der Waals surface area (Å²) in [5.41, 5.74) is 5.56. The maximum atomic E-state index is 11.7. The van der Waals surface area contributed by atoms with Gasteiger partial charge in [-0.3, -0.25) is 4.79 Å². The van der Waals surface area contributed by atoms with Crippen molar-refractivity contribution in [1.29, 1.82) is 0 Å². The third kappa shape index (κ3) is 2.95. The van der Waals surface area contributed by atoms with Crippen molar-refractivity contribution < 1.29 is 19.4 Å². The highest BCUT2D eigenvalue weighted by molar-refractivity contribution is 5.83. The summed E-state index contributed by atoms with van der Waals surface area (Å²) in [6.07, 6.45) is 4.22. The lowest BCUT2D eigenvalue weighted by molar-refractivity contribution is -0.159. The maximum absolute atomic E-state index is 11.7. The topological polar surface area (TPSA) is 92.9 Å². The molecule has 2 atom stereocenters. The Balaban J connectivity index is 2.57. The number of hydrogen-bond acceptors (Lipinski definition) is 4. The minimum absolute atomic E-state index is 0.0203. The quantitative estimate of drug-likeness (QED) is 0.580. The molecular weight excluding hydrogens is 212 g/mol. The molecule has 1 rings (SSSR count). The molecule has 0 aromatic rings. The number of nitrogens with two attached hydrogens (primary N) is 1. The molecule has 0 radical (unpaired) electrons. The van der Waals surface area contributed by atoms with Gasteiger partial charge < -0.3 is 20.5 Å². The molecule has 1 amide bonds. The van der Waals surface area contributed by atoms with E-state index >= 15 is 0 Å². The van der Waals surface area contributed by atoms with Crippen molar-refractivity contribution in [2.24, 2.45) is 5.73 Å². The van der Waals surface area contributed by atoms with E-state index in [2.05, 4.69) is 5.92 Å². The number of aliphatic carboxylic acids is 1. The highest BCUT2D eigenvalue weighted by Gasteiger charge is 2.30. The van der Waals surface area contributed by atoms with Gasteiger partial charge in [0.2, 0.25) is 5.91 Å². The number of carbonyl (C=O) groups is 2. The molecule has 0 saturated carbocycles. The van der Waals surface area contributed by atoms with E-state index in [1.807, 2.05) is 0 Å². The Morgan fingerprint density at radius 3 is 2.94 bits per heavy atom. The Morgan fingerprint density at radius 1 is 1.69 bits per heavy atom. The minimum Gasteiger partial charge on any atom is -0.479 e. The van der Waals surface area contributed by atoms with Crippen LogP contribution in [0.1, 0.15) is 6.42 Å². The maximum Gasteiger partial charge on any atom is 0.334 e. The number of hydrogen-bond donors (Lipinski definition) is 2. The van der Waals surface area contributed by atoms with Crippen LogP contribution < -0.4 is 5.73 Å². The molecule has 1 aliphatic rings. The van der Waals surface area contributed by atoms with Gasteiger partial charge in [0.25, 0.3) is 0 Å². The second-order valence-electron chi connectivity index (χ2n) is 3.50. The smallest absolute Gasteiger partial charge is 0.334 e. The molecule has 1 heterocycles. The van der Waals surface area contributed by atoms with Crippen LogP contribution in [0.2, 0.25) is 0 Å². The Kier molecular flexibility index (Phi) is 4.28. The third-order valence-corrected chi connectivity index (χ3v) is 2.31. The van der Waals surface area contributed by atoms with Crippen LogP contribution >= 0.6 is 0 Å². The normalized spacial score (nSPS) is 22.2. The number of carbonyl (C=O) groups excluding carboxylic acids is 1. The van der Waals surface area contributed by atoms with Gasteiger partial charge in [-0.25, -0.2) is 4.79 Å². The van der Waals surface area contributed by atoms with E-state index in [1.54, 1.807) is 0 Å². The summed E-state index contributed by atoms with van der Waals surface area (Å²) in [5.74, 6) is 0.894. The van der Waals surface area contributed by atoms with Crippen molar-refractivity contribution in [3.8, 4) is 12.3 Å². The van der Waals surface area contributed by atoms with Crippen LogP contribution in [0, 0.1) is 12.3 Å². The number of rotatable bonds is 3. The van der Waals surface area contributed by atoms with E-state index in [0.717, 1.165) is 0 Å². The SMILES string of the molecule is C#CCC(N)C(=O)N1CCOC(C(=O)O)C1. The van der Waals surface area contributed by atoms with Gasteiger partial charge in [-0.2, -0.15) is 0 Å². The van der Waals surface area contributed by atoms with Crippen molar-refractivity contribution in [2.45, 2.75) is 18.6 Å². The lowest BCUT2D eigenvalue weighted by Gasteiger charge is -2.32. The van der Waals surface area contributed by atoms with Crippen LogP contribution in [0.3, 0.4) is 0 Å². The molecule has 0 bridgehead atoms. The van der Waals surface area contributed by atoms with Gasteiger partial charge in [-0.1, -0.05) is 0 Å². The van der Waals surface area contributed by atoms with Gasteiger partial charge in [0.15, 0.2) is 6.10 Å². The van der Waals surface area contributed by atoms with Gasteiger partial charge in [0, 0.05) is 13.0 Å². The molecule has 88 valence electrons. The average molecular weight is 226 g/mol. The zero-order valence-electron chi connectivity index (χ0n) is 8.76. The monoisotopic (exact) mass is 226 g/mol. The summed E-state index contributed by atoms with van der Waals surface area (Å²) in [4.78, 5) is 23.8. The van der Waals surface area contributed by atoms with Crippen LogP contribution in [0.4, 0.5) is 0 Å². The zero-order chi connectivity index (χ0) is 12.1. The molecular formula is C10H14N2O4. The van der Waals surface area contributed by atoms with Crippen molar-refractivity contribution in [1.82, 2.24) is 4.90 Å². The Bertz CT molecular complexity index is 323. The molecule has 6 nitrogen and oxygen atoms in total. The fourth-order valence-electron chi connectivity index (χ4n) is 1.45. The number of carboxylic acid groups (broad SMARTS) is 1. The zero-order valence-corrected chi connectivity index (χ0v) is 8.76. The molecule has 0 spiro atoms. The first-order valence-electron chi connectivity index (χ1n) is 4.88. The van der Waals surface area contributed by atoms with Gasteiger partial charge in [-0.05, 0) is 0 Å². The van der Waals surface area contributed by atoms with Gasteiger partial charge in [0.1, 0.15) is 0 Å². The molecule has 1 fully saturated rings. The van der Waals surface area contributed by atoms with Crippen LogP contribution in [-0.4, -0.2) is 53.7 Å². The van der Waals surface area contributed by atoms with E-state index < -0.39 is 18.1 Å². The van der Waals surface area contributed by atoms with Crippen molar-refractivity contribution in [3.05, 3.63) is 0 Å². The summed E-state index contributed by atoms with van der Waals surface area (Å²) in [7, 11) is 0. The summed E-state index contributed by atoms with van der Waals surface area (Å²) >= 11 is 0.